The second-order valence-corrected chi connectivity index (χ2v) is 8.82. The molecule has 0 spiro atoms. The highest BCUT2D eigenvalue weighted by Crippen LogP contribution is 2.33. The molecule has 1 saturated heterocycles. The predicted molar refractivity (Wildman–Crippen MR) is 130 cm³/mol. The number of hydrogen-bond donors (Lipinski definition) is 1. The van der Waals surface area contributed by atoms with Crippen molar-refractivity contribution in [3.63, 3.8) is 0 Å². The number of benzene rings is 2. The van der Waals surface area contributed by atoms with Gasteiger partial charge in [0.15, 0.2) is 0 Å². The molecule has 2 aromatic carbocycles. The minimum atomic E-state index is -0.00282. The smallest absolute Gasteiger partial charge is 0.257 e. The largest absolute Gasteiger partial charge is 0.337 e. The molecule has 6 heteroatoms. The van der Waals surface area contributed by atoms with Gasteiger partial charge in [-0.15, -0.1) is 0 Å². The van der Waals surface area contributed by atoms with E-state index < -0.39 is 0 Å². The predicted octanol–water partition coefficient (Wildman–Crippen LogP) is 4.96. The Morgan fingerprint density at radius 2 is 1.88 bits per heavy atom. The van der Waals surface area contributed by atoms with Gasteiger partial charge in [-0.3, -0.25) is 19.8 Å². The van der Waals surface area contributed by atoms with Crippen molar-refractivity contribution >= 4 is 16.8 Å². The lowest BCUT2D eigenvalue weighted by Crippen LogP contribution is -2.35. The summed E-state index contributed by atoms with van der Waals surface area (Å²) in [6, 6.07) is 22.6. The summed E-state index contributed by atoms with van der Waals surface area (Å²) in [5.41, 5.74) is 4.76. The zero-order chi connectivity index (χ0) is 22.6. The van der Waals surface area contributed by atoms with Crippen LogP contribution in [0.5, 0.6) is 0 Å². The van der Waals surface area contributed by atoms with E-state index >= 15 is 0 Å². The number of para-hydroxylation sites is 1. The zero-order valence-electron chi connectivity index (χ0n) is 18.9. The first-order chi connectivity index (χ1) is 16.2. The van der Waals surface area contributed by atoms with E-state index in [-0.39, 0.29) is 11.9 Å². The Hall–Kier alpha value is -3.51. The van der Waals surface area contributed by atoms with Gasteiger partial charge in [-0.25, -0.2) is 0 Å². The average Bonchev–Trinajstić information content (AvgIpc) is 3.34. The van der Waals surface area contributed by atoms with Crippen molar-refractivity contribution in [3.05, 3.63) is 95.4 Å². The second-order valence-electron chi connectivity index (χ2n) is 8.82. The Bertz CT molecular complexity index is 1240. The van der Waals surface area contributed by atoms with Crippen LogP contribution in [0.1, 0.15) is 52.6 Å². The molecule has 33 heavy (non-hydrogen) atoms. The van der Waals surface area contributed by atoms with Gasteiger partial charge >= 0.3 is 0 Å². The topological polar surface area (TPSA) is 65.1 Å². The van der Waals surface area contributed by atoms with E-state index in [1.54, 1.807) is 11.1 Å². The third-order valence-electron chi connectivity index (χ3n) is 6.48. The number of amides is 1. The normalized spacial score (nSPS) is 16.7. The average molecular weight is 440 g/mol. The number of hydrogen-bond acceptors (Lipinski definition) is 4. The molecule has 4 aromatic rings. The Morgan fingerprint density at radius 1 is 1.06 bits per heavy atom. The molecule has 168 valence electrons. The highest BCUT2D eigenvalue weighted by Gasteiger charge is 2.30. The van der Waals surface area contributed by atoms with Crippen LogP contribution < -0.4 is 0 Å². The minimum Gasteiger partial charge on any atom is -0.337 e. The van der Waals surface area contributed by atoms with E-state index in [1.165, 1.54) is 0 Å². The van der Waals surface area contributed by atoms with Crippen molar-refractivity contribution in [1.29, 1.82) is 0 Å². The molecule has 0 radical (unpaired) electrons. The first kappa shape index (κ1) is 21.3. The summed E-state index contributed by atoms with van der Waals surface area (Å²) in [7, 11) is 1.85. The van der Waals surface area contributed by atoms with E-state index in [0.717, 1.165) is 60.2 Å². The number of H-pyrrole nitrogens is 1. The number of nitrogens with zero attached hydrogens (tertiary/aromatic N) is 4. The van der Waals surface area contributed by atoms with Crippen molar-refractivity contribution in [1.82, 2.24) is 25.0 Å². The van der Waals surface area contributed by atoms with Crippen LogP contribution in [0.3, 0.4) is 0 Å². The molecule has 1 atom stereocenters. The lowest BCUT2D eigenvalue weighted by Gasteiger charge is -2.35. The molecule has 1 aliphatic heterocycles. The summed E-state index contributed by atoms with van der Waals surface area (Å²) < 4.78 is 0. The molecule has 0 bridgehead atoms. The number of pyridine rings is 1. The number of carbonyl (C=O) groups excluding carboxylic acids is 1. The Balaban J connectivity index is 1.36. The minimum absolute atomic E-state index is 0.00282. The molecule has 0 unspecified atom stereocenters. The summed E-state index contributed by atoms with van der Waals surface area (Å²) in [5, 5.41) is 8.59. The molecule has 6 nitrogen and oxygen atoms in total. The third kappa shape index (κ3) is 4.66. The zero-order valence-corrected chi connectivity index (χ0v) is 18.9. The number of piperidine rings is 1. The number of fused-ring (bicyclic) bond motifs is 1. The van der Waals surface area contributed by atoms with Gasteiger partial charge in [0.25, 0.3) is 5.91 Å². The van der Waals surface area contributed by atoms with Crippen LogP contribution in [0.4, 0.5) is 0 Å². The van der Waals surface area contributed by atoms with Crippen molar-refractivity contribution in [2.75, 3.05) is 13.6 Å². The maximum absolute atomic E-state index is 13.3. The van der Waals surface area contributed by atoms with Crippen LogP contribution in [0.2, 0.25) is 0 Å². The molecule has 3 heterocycles. The lowest BCUT2D eigenvalue weighted by molar-refractivity contribution is 0.0776. The quantitative estimate of drug-likeness (QED) is 0.461. The molecule has 1 aliphatic rings. The molecule has 1 fully saturated rings. The Labute approximate surface area is 194 Å². The fourth-order valence-corrected chi connectivity index (χ4v) is 4.77. The number of aromatic nitrogens is 3. The molecule has 0 saturated carbocycles. The van der Waals surface area contributed by atoms with Gasteiger partial charge in [-0.1, -0.05) is 61.0 Å². The van der Waals surface area contributed by atoms with Gasteiger partial charge in [0.1, 0.15) is 0 Å². The van der Waals surface area contributed by atoms with Crippen LogP contribution in [-0.4, -0.2) is 44.5 Å². The van der Waals surface area contributed by atoms with Crippen LogP contribution in [-0.2, 0) is 13.1 Å². The van der Waals surface area contributed by atoms with E-state index in [1.807, 2.05) is 49.5 Å². The molecule has 0 aliphatic carbocycles. The van der Waals surface area contributed by atoms with Gasteiger partial charge in [0, 0.05) is 25.5 Å². The van der Waals surface area contributed by atoms with Gasteiger partial charge in [0.2, 0.25) is 0 Å². The van der Waals surface area contributed by atoms with E-state index in [9.17, 15) is 4.79 Å². The molecule has 2 aromatic heterocycles. The number of aromatic amines is 1. The van der Waals surface area contributed by atoms with E-state index in [2.05, 4.69) is 39.4 Å². The van der Waals surface area contributed by atoms with E-state index in [4.69, 9.17) is 4.98 Å². The summed E-state index contributed by atoms with van der Waals surface area (Å²) in [6.45, 7) is 2.30. The summed E-state index contributed by atoms with van der Waals surface area (Å²) >= 11 is 0. The molecule has 5 rings (SSSR count). The summed E-state index contributed by atoms with van der Waals surface area (Å²) in [4.78, 5) is 22.4. The standard InChI is InChI=1S/C27H29N5O/c1-31(18-20-9-3-2-4-10-20)27(33)23-17-28-30-26(23)25-13-7-8-16-32(25)19-22-15-14-21-11-5-6-12-24(21)29-22/h2-6,9-12,14-15,17,25H,7-8,13,16,18-19H2,1H3,(H,28,30)/t25-/m1/s1. The SMILES string of the molecule is CN(Cc1ccccc1)C(=O)c1cn[nH]c1[C@H]1CCCCN1Cc1ccc2ccccc2n1. The van der Waals surface area contributed by atoms with Crippen molar-refractivity contribution in [2.24, 2.45) is 0 Å². The maximum Gasteiger partial charge on any atom is 0.257 e. The Morgan fingerprint density at radius 3 is 2.76 bits per heavy atom. The molecular weight excluding hydrogens is 410 g/mol. The number of rotatable bonds is 6. The van der Waals surface area contributed by atoms with Crippen LogP contribution in [0.15, 0.2) is 72.9 Å². The van der Waals surface area contributed by atoms with Crippen molar-refractivity contribution in [3.8, 4) is 0 Å². The fraction of sp³-hybridized carbons (Fsp3) is 0.296. The first-order valence-electron chi connectivity index (χ1n) is 11.6. The highest BCUT2D eigenvalue weighted by atomic mass is 16.2. The van der Waals surface area contributed by atoms with Crippen LogP contribution >= 0.6 is 0 Å². The Kier molecular flexibility index (Phi) is 6.17. The molecule has 1 N–H and O–H groups in total. The molecular formula is C27H29N5O. The number of nitrogens with one attached hydrogen (secondary N) is 1. The van der Waals surface area contributed by atoms with Crippen molar-refractivity contribution in [2.45, 2.75) is 38.4 Å². The maximum atomic E-state index is 13.3. The van der Waals surface area contributed by atoms with Crippen molar-refractivity contribution < 1.29 is 4.79 Å². The van der Waals surface area contributed by atoms with Crippen LogP contribution in [0, 0.1) is 0 Å². The second kappa shape index (κ2) is 9.55. The van der Waals surface area contributed by atoms with Gasteiger partial charge in [-0.2, -0.15) is 5.10 Å². The summed E-state index contributed by atoms with van der Waals surface area (Å²) in [6.07, 6.45) is 4.97. The summed E-state index contributed by atoms with van der Waals surface area (Å²) in [5.74, 6) is -0.00282. The fourth-order valence-electron chi connectivity index (χ4n) is 4.77. The van der Waals surface area contributed by atoms with Gasteiger partial charge in [-0.05, 0) is 37.1 Å². The monoisotopic (exact) mass is 439 g/mol. The van der Waals surface area contributed by atoms with E-state index in [0.29, 0.717) is 12.1 Å². The van der Waals surface area contributed by atoms with Gasteiger partial charge < -0.3 is 4.90 Å². The third-order valence-corrected chi connectivity index (χ3v) is 6.48. The van der Waals surface area contributed by atoms with Gasteiger partial charge in [0.05, 0.1) is 34.7 Å². The molecule has 1 amide bonds. The first-order valence-corrected chi connectivity index (χ1v) is 11.6. The number of likely N-dealkylation sites (tertiary alicyclic amines) is 1. The van der Waals surface area contributed by atoms with Crippen LogP contribution in [0.25, 0.3) is 10.9 Å². The lowest BCUT2D eigenvalue weighted by atomic mass is 9.96. The highest BCUT2D eigenvalue weighted by molar-refractivity contribution is 5.95. The number of carbonyl (C=O) groups is 1.